The van der Waals surface area contributed by atoms with Crippen molar-refractivity contribution in [3.05, 3.63) is 24.3 Å². The maximum Gasteiger partial charge on any atom is 0.142 e. The van der Waals surface area contributed by atoms with E-state index in [0.717, 1.165) is 25.3 Å². The fourth-order valence-corrected chi connectivity index (χ4v) is 1.46. The van der Waals surface area contributed by atoms with Crippen molar-refractivity contribution in [1.29, 1.82) is 0 Å². The summed E-state index contributed by atoms with van der Waals surface area (Å²) < 4.78 is 0. The monoisotopic (exact) mass is 238 g/mol. The first-order valence-corrected chi connectivity index (χ1v) is 5.78. The second-order valence-electron chi connectivity index (χ2n) is 3.95. The second kappa shape index (κ2) is 6.50. The number of nitrogens with two attached hydrogens (primary N) is 1. The Hall–Kier alpha value is -1.07. The zero-order valence-electron chi connectivity index (χ0n) is 9.76. The van der Waals surface area contributed by atoms with E-state index in [1.165, 1.54) is 0 Å². The van der Waals surface area contributed by atoms with Gasteiger partial charge in [-0.3, -0.25) is 4.90 Å². The van der Waals surface area contributed by atoms with Gasteiger partial charge in [0.25, 0.3) is 0 Å². The van der Waals surface area contributed by atoms with Gasteiger partial charge < -0.3 is 5.73 Å². The van der Waals surface area contributed by atoms with Crippen LogP contribution in [-0.2, 0) is 6.54 Å². The van der Waals surface area contributed by atoms with Crippen LogP contribution in [0.4, 0.5) is 0 Å². The topological polar surface area (TPSA) is 55.0 Å². The van der Waals surface area contributed by atoms with Gasteiger partial charge in [-0.15, -0.1) is 0 Å². The molecule has 88 valence electrons. The summed E-state index contributed by atoms with van der Waals surface area (Å²) in [5.74, 6) is 0.833. The fourth-order valence-electron chi connectivity index (χ4n) is 1.37. The SMILES string of the molecule is CC(C)N(CCC(N)=S)Cc1ncccn1. The van der Waals surface area contributed by atoms with Crippen LogP contribution in [0.5, 0.6) is 0 Å². The minimum Gasteiger partial charge on any atom is -0.393 e. The average Bonchev–Trinajstić information content (AvgIpc) is 2.25. The summed E-state index contributed by atoms with van der Waals surface area (Å²) in [5.41, 5.74) is 5.51. The van der Waals surface area contributed by atoms with Gasteiger partial charge in [0.1, 0.15) is 5.82 Å². The Bertz CT molecular complexity index is 326. The standard InChI is InChI=1S/C11H18N4S/c1-9(2)15(7-4-10(12)16)8-11-13-5-3-6-14-11/h3,5-6,9H,4,7-8H2,1-2H3,(H2,12,16). The number of nitrogens with zero attached hydrogens (tertiary/aromatic N) is 3. The smallest absolute Gasteiger partial charge is 0.142 e. The Morgan fingerprint density at radius 3 is 2.56 bits per heavy atom. The molecule has 1 heterocycles. The van der Waals surface area contributed by atoms with E-state index in [0.29, 0.717) is 11.0 Å². The van der Waals surface area contributed by atoms with Crippen molar-refractivity contribution < 1.29 is 0 Å². The molecule has 4 nitrogen and oxygen atoms in total. The van der Waals surface area contributed by atoms with Crippen LogP contribution in [0.2, 0.25) is 0 Å². The van der Waals surface area contributed by atoms with Crippen LogP contribution in [0.15, 0.2) is 18.5 Å². The van der Waals surface area contributed by atoms with E-state index in [1.807, 2.05) is 6.07 Å². The Balaban J connectivity index is 2.54. The highest BCUT2D eigenvalue weighted by molar-refractivity contribution is 7.80. The normalized spacial score (nSPS) is 11.0. The molecule has 0 amide bonds. The average molecular weight is 238 g/mol. The lowest BCUT2D eigenvalue weighted by Gasteiger charge is -2.25. The number of hydrogen-bond donors (Lipinski definition) is 1. The first-order chi connectivity index (χ1) is 7.59. The molecular weight excluding hydrogens is 220 g/mol. The Labute approximate surface area is 102 Å². The Morgan fingerprint density at radius 2 is 2.06 bits per heavy atom. The van der Waals surface area contributed by atoms with Crippen LogP contribution < -0.4 is 5.73 Å². The van der Waals surface area contributed by atoms with Crippen LogP contribution >= 0.6 is 12.2 Å². The van der Waals surface area contributed by atoms with Gasteiger partial charge in [0, 0.05) is 31.4 Å². The van der Waals surface area contributed by atoms with Crippen molar-refractivity contribution >= 4 is 17.2 Å². The van der Waals surface area contributed by atoms with E-state index in [-0.39, 0.29) is 0 Å². The lowest BCUT2D eigenvalue weighted by molar-refractivity contribution is 0.214. The van der Waals surface area contributed by atoms with Gasteiger partial charge in [-0.1, -0.05) is 12.2 Å². The maximum absolute atomic E-state index is 5.51. The molecule has 16 heavy (non-hydrogen) atoms. The highest BCUT2D eigenvalue weighted by Crippen LogP contribution is 2.04. The van der Waals surface area contributed by atoms with E-state index in [4.69, 9.17) is 18.0 Å². The number of hydrogen-bond acceptors (Lipinski definition) is 4. The van der Waals surface area contributed by atoms with Gasteiger partial charge in [0.05, 0.1) is 11.5 Å². The van der Waals surface area contributed by atoms with Crippen LogP contribution in [0.3, 0.4) is 0 Å². The molecule has 1 aromatic rings. The minimum absolute atomic E-state index is 0.429. The van der Waals surface area contributed by atoms with Crippen LogP contribution in [0.1, 0.15) is 26.1 Å². The van der Waals surface area contributed by atoms with Crippen molar-refractivity contribution in [2.45, 2.75) is 32.9 Å². The first-order valence-electron chi connectivity index (χ1n) is 5.38. The number of aromatic nitrogens is 2. The molecule has 2 N–H and O–H groups in total. The number of rotatable bonds is 6. The third-order valence-electron chi connectivity index (χ3n) is 2.34. The van der Waals surface area contributed by atoms with E-state index in [2.05, 4.69) is 28.7 Å². The predicted octanol–water partition coefficient (Wildman–Crippen LogP) is 1.36. The molecule has 5 heteroatoms. The third-order valence-corrected chi connectivity index (χ3v) is 2.54. The largest absolute Gasteiger partial charge is 0.393 e. The molecule has 0 unspecified atom stereocenters. The van der Waals surface area contributed by atoms with E-state index >= 15 is 0 Å². The van der Waals surface area contributed by atoms with Crippen molar-refractivity contribution in [3.8, 4) is 0 Å². The van der Waals surface area contributed by atoms with Crippen molar-refractivity contribution in [2.24, 2.45) is 5.73 Å². The molecule has 0 spiro atoms. The summed E-state index contributed by atoms with van der Waals surface area (Å²) in [7, 11) is 0. The third kappa shape index (κ3) is 4.63. The molecule has 0 saturated heterocycles. The van der Waals surface area contributed by atoms with E-state index < -0.39 is 0 Å². The maximum atomic E-state index is 5.51. The summed E-state index contributed by atoms with van der Waals surface area (Å²) in [6.45, 7) is 5.87. The Kier molecular flexibility index (Phi) is 5.28. The van der Waals surface area contributed by atoms with Crippen molar-refractivity contribution in [2.75, 3.05) is 6.54 Å². The molecule has 0 fully saturated rings. The highest BCUT2D eigenvalue weighted by Gasteiger charge is 2.11. The molecule has 0 aromatic carbocycles. The lowest BCUT2D eigenvalue weighted by Crippen LogP contribution is -2.33. The summed E-state index contributed by atoms with van der Waals surface area (Å²) in [5, 5.41) is 0. The lowest BCUT2D eigenvalue weighted by atomic mass is 10.2. The predicted molar refractivity (Wildman–Crippen MR) is 69.0 cm³/mol. The summed E-state index contributed by atoms with van der Waals surface area (Å²) in [4.78, 5) is 11.2. The summed E-state index contributed by atoms with van der Waals surface area (Å²) >= 11 is 4.88. The first kappa shape index (κ1) is 13.0. The van der Waals surface area contributed by atoms with E-state index in [9.17, 15) is 0 Å². The Morgan fingerprint density at radius 1 is 1.44 bits per heavy atom. The van der Waals surface area contributed by atoms with Crippen molar-refractivity contribution in [1.82, 2.24) is 14.9 Å². The van der Waals surface area contributed by atoms with Gasteiger partial charge in [0.15, 0.2) is 0 Å². The molecule has 0 saturated carbocycles. The zero-order valence-corrected chi connectivity index (χ0v) is 10.6. The van der Waals surface area contributed by atoms with Crippen LogP contribution in [0, 0.1) is 0 Å². The second-order valence-corrected chi connectivity index (χ2v) is 4.47. The molecule has 0 radical (unpaired) electrons. The van der Waals surface area contributed by atoms with Gasteiger partial charge >= 0.3 is 0 Å². The van der Waals surface area contributed by atoms with Gasteiger partial charge in [-0.25, -0.2) is 9.97 Å². The minimum atomic E-state index is 0.429. The van der Waals surface area contributed by atoms with Crippen LogP contribution in [-0.4, -0.2) is 32.4 Å². The van der Waals surface area contributed by atoms with Crippen molar-refractivity contribution in [3.63, 3.8) is 0 Å². The highest BCUT2D eigenvalue weighted by atomic mass is 32.1. The molecule has 0 atom stereocenters. The zero-order chi connectivity index (χ0) is 12.0. The molecule has 0 aliphatic heterocycles. The molecule has 0 bridgehead atoms. The quantitative estimate of drug-likeness (QED) is 0.758. The van der Waals surface area contributed by atoms with Crippen LogP contribution in [0.25, 0.3) is 0 Å². The summed E-state index contributed by atoms with van der Waals surface area (Å²) in [6, 6.07) is 2.25. The number of thiocarbonyl (C=S) groups is 1. The summed E-state index contributed by atoms with van der Waals surface area (Å²) in [6.07, 6.45) is 4.25. The molecule has 1 rings (SSSR count). The molecular formula is C11H18N4S. The van der Waals surface area contributed by atoms with E-state index in [1.54, 1.807) is 12.4 Å². The molecule has 0 aliphatic rings. The van der Waals surface area contributed by atoms with Gasteiger partial charge in [-0.05, 0) is 19.9 Å². The van der Waals surface area contributed by atoms with Gasteiger partial charge in [0.2, 0.25) is 0 Å². The molecule has 0 aliphatic carbocycles. The fraction of sp³-hybridized carbons (Fsp3) is 0.545. The molecule has 1 aromatic heterocycles. The van der Waals surface area contributed by atoms with Gasteiger partial charge in [-0.2, -0.15) is 0 Å².